The Kier molecular flexibility index (Phi) is 11.2. The van der Waals surface area contributed by atoms with Crippen LogP contribution in [-0.4, -0.2) is 53.4 Å². The Hall–Kier alpha value is -2.75. The van der Waals surface area contributed by atoms with Crippen LogP contribution >= 0.6 is 12.6 Å². The molecule has 0 spiro atoms. The molecule has 0 saturated carbocycles. The third kappa shape index (κ3) is 10.4. The Bertz CT molecular complexity index is 686. The Morgan fingerprint density at radius 2 is 1.76 bits per heavy atom. The minimum atomic E-state index is -1.18. The van der Waals surface area contributed by atoms with Gasteiger partial charge < -0.3 is 25.8 Å². The van der Waals surface area contributed by atoms with E-state index < -0.39 is 30.1 Å². The highest BCUT2D eigenvalue weighted by molar-refractivity contribution is 7.80. The predicted molar refractivity (Wildman–Crippen MR) is 110 cm³/mol. The van der Waals surface area contributed by atoms with Crippen molar-refractivity contribution in [1.29, 1.82) is 0 Å². The van der Waals surface area contributed by atoms with Crippen molar-refractivity contribution in [2.24, 2.45) is 0 Å². The maximum absolute atomic E-state index is 12.3. The van der Waals surface area contributed by atoms with E-state index in [1.807, 2.05) is 18.2 Å². The Labute approximate surface area is 175 Å². The van der Waals surface area contributed by atoms with Crippen molar-refractivity contribution in [2.75, 3.05) is 12.3 Å². The monoisotopic (exact) mass is 425 g/mol. The first-order valence-electron chi connectivity index (χ1n) is 9.19. The largest absolute Gasteiger partial charge is 0.480 e. The molecular formula is C19H27N3O6S. The third-order valence-electron chi connectivity index (χ3n) is 3.91. The van der Waals surface area contributed by atoms with Gasteiger partial charge in [0.15, 0.2) is 0 Å². The molecule has 1 aromatic carbocycles. The van der Waals surface area contributed by atoms with Crippen LogP contribution in [0.15, 0.2) is 30.3 Å². The lowest BCUT2D eigenvalue weighted by molar-refractivity contribution is -0.142. The average molecular weight is 426 g/mol. The molecule has 0 aliphatic carbocycles. The summed E-state index contributed by atoms with van der Waals surface area (Å²) in [5.41, 5.74) is 0.791. The van der Waals surface area contributed by atoms with Gasteiger partial charge in [-0.05, 0) is 24.8 Å². The lowest BCUT2D eigenvalue weighted by Gasteiger charge is -2.20. The zero-order valence-corrected chi connectivity index (χ0v) is 17.1. The number of carbonyl (C=O) groups is 4. The quantitative estimate of drug-likeness (QED) is 0.251. The molecule has 0 radical (unpaired) electrons. The number of nitrogens with one attached hydrogen (secondary N) is 3. The van der Waals surface area contributed by atoms with Gasteiger partial charge >= 0.3 is 12.1 Å². The van der Waals surface area contributed by atoms with Crippen molar-refractivity contribution in [2.45, 2.75) is 44.9 Å². The third-order valence-corrected chi connectivity index (χ3v) is 4.28. The van der Waals surface area contributed by atoms with Crippen LogP contribution in [0.2, 0.25) is 0 Å². The predicted octanol–water partition coefficient (Wildman–Crippen LogP) is 1.09. The van der Waals surface area contributed by atoms with Crippen LogP contribution in [0, 0.1) is 0 Å². The number of benzene rings is 1. The van der Waals surface area contributed by atoms with Gasteiger partial charge in [0.2, 0.25) is 11.8 Å². The molecule has 29 heavy (non-hydrogen) atoms. The van der Waals surface area contributed by atoms with Crippen molar-refractivity contribution < 1.29 is 29.0 Å². The van der Waals surface area contributed by atoms with Crippen LogP contribution in [0.3, 0.4) is 0 Å². The van der Waals surface area contributed by atoms with Gasteiger partial charge in [-0.15, -0.1) is 0 Å². The van der Waals surface area contributed by atoms with Gasteiger partial charge in [-0.3, -0.25) is 9.59 Å². The highest BCUT2D eigenvalue weighted by atomic mass is 32.1. The summed E-state index contributed by atoms with van der Waals surface area (Å²) in [6.45, 7) is 1.87. The number of aliphatic carboxylic acids is 1. The van der Waals surface area contributed by atoms with Crippen molar-refractivity contribution in [3.05, 3.63) is 35.9 Å². The minimum absolute atomic E-state index is 0.0266. The fourth-order valence-corrected chi connectivity index (χ4v) is 2.63. The summed E-state index contributed by atoms with van der Waals surface area (Å²) >= 11 is 4.04. The smallest absolute Gasteiger partial charge is 0.408 e. The van der Waals surface area contributed by atoms with Crippen molar-refractivity contribution in [3.8, 4) is 0 Å². The SMILES string of the molecule is CC(=O)NCCCC[C@H](NC(=O)[C@H](CS)NC(=O)OCc1ccccc1)C(=O)O. The highest BCUT2D eigenvalue weighted by Gasteiger charge is 2.25. The number of carbonyl (C=O) groups excluding carboxylic acids is 3. The van der Waals surface area contributed by atoms with Gasteiger partial charge in [0.25, 0.3) is 0 Å². The van der Waals surface area contributed by atoms with E-state index >= 15 is 0 Å². The van der Waals surface area contributed by atoms with Gasteiger partial charge in [-0.2, -0.15) is 12.6 Å². The summed E-state index contributed by atoms with van der Waals surface area (Å²) in [5.74, 6) is -2.02. The number of thiol groups is 1. The van der Waals surface area contributed by atoms with Gasteiger partial charge in [-0.25, -0.2) is 9.59 Å². The molecule has 0 aliphatic heterocycles. The van der Waals surface area contributed by atoms with E-state index in [2.05, 4.69) is 28.6 Å². The normalized spacial score (nSPS) is 12.3. The molecule has 10 heteroatoms. The molecule has 0 heterocycles. The van der Waals surface area contributed by atoms with Gasteiger partial charge in [0.05, 0.1) is 0 Å². The number of carboxylic acids is 1. The minimum Gasteiger partial charge on any atom is -0.480 e. The van der Waals surface area contributed by atoms with Crippen LogP contribution in [0.1, 0.15) is 31.7 Å². The number of amides is 3. The summed E-state index contributed by atoms with van der Waals surface area (Å²) in [6, 6.07) is 6.89. The van der Waals surface area contributed by atoms with Crippen LogP contribution in [0.5, 0.6) is 0 Å². The topological polar surface area (TPSA) is 134 Å². The highest BCUT2D eigenvalue weighted by Crippen LogP contribution is 2.04. The Balaban J connectivity index is 2.45. The fraction of sp³-hybridized carbons (Fsp3) is 0.474. The Morgan fingerprint density at radius 1 is 1.07 bits per heavy atom. The van der Waals surface area contributed by atoms with Crippen LogP contribution < -0.4 is 16.0 Å². The molecule has 0 unspecified atom stereocenters. The van der Waals surface area contributed by atoms with Crippen LogP contribution in [0.25, 0.3) is 0 Å². The van der Waals surface area contributed by atoms with E-state index in [4.69, 9.17) is 4.74 Å². The number of hydrogen-bond donors (Lipinski definition) is 5. The first-order valence-corrected chi connectivity index (χ1v) is 9.82. The maximum Gasteiger partial charge on any atom is 0.408 e. The first-order chi connectivity index (χ1) is 13.8. The van der Waals surface area contributed by atoms with Crippen LogP contribution in [0.4, 0.5) is 4.79 Å². The van der Waals surface area contributed by atoms with E-state index in [1.54, 1.807) is 12.1 Å². The number of ether oxygens (including phenoxy) is 1. The number of rotatable bonds is 12. The van der Waals surface area contributed by atoms with Gasteiger partial charge in [-0.1, -0.05) is 30.3 Å². The molecule has 0 fully saturated rings. The first kappa shape index (κ1) is 24.3. The standard InChI is InChI=1S/C19H27N3O6S/c1-13(23)20-10-6-5-9-15(18(25)26)21-17(24)16(12-29)22-19(27)28-11-14-7-3-2-4-8-14/h2-4,7-8,15-16,29H,5-6,9-12H2,1H3,(H,20,23)(H,21,24)(H,22,27)(H,25,26)/t15-,16-/m0/s1. The molecule has 9 nitrogen and oxygen atoms in total. The summed E-state index contributed by atoms with van der Waals surface area (Å²) in [5, 5.41) is 16.7. The molecule has 3 amide bonds. The summed E-state index contributed by atoms with van der Waals surface area (Å²) in [4.78, 5) is 46.4. The molecule has 1 aromatic rings. The van der Waals surface area contributed by atoms with E-state index in [0.717, 1.165) is 5.56 Å². The zero-order valence-electron chi connectivity index (χ0n) is 16.2. The molecule has 2 atom stereocenters. The lowest BCUT2D eigenvalue weighted by Crippen LogP contribution is -2.52. The summed E-state index contributed by atoms with van der Waals surface area (Å²) < 4.78 is 5.06. The molecular weight excluding hydrogens is 398 g/mol. The molecule has 160 valence electrons. The molecule has 0 aromatic heterocycles. The second kappa shape index (κ2) is 13.4. The average Bonchev–Trinajstić information content (AvgIpc) is 2.69. The van der Waals surface area contributed by atoms with Gasteiger partial charge in [0, 0.05) is 19.2 Å². The van der Waals surface area contributed by atoms with E-state index in [-0.39, 0.29) is 24.7 Å². The number of hydrogen-bond acceptors (Lipinski definition) is 6. The summed E-state index contributed by atoms with van der Waals surface area (Å²) in [7, 11) is 0. The number of unbranched alkanes of at least 4 members (excludes halogenated alkanes) is 1. The molecule has 4 N–H and O–H groups in total. The van der Waals surface area contributed by atoms with Gasteiger partial charge in [0.1, 0.15) is 18.7 Å². The molecule has 1 rings (SSSR count). The maximum atomic E-state index is 12.3. The Morgan fingerprint density at radius 3 is 2.34 bits per heavy atom. The molecule has 0 aliphatic rings. The zero-order chi connectivity index (χ0) is 21.6. The van der Waals surface area contributed by atoms with Crippen molar-refractivity contribution in [1.82, 2.24) is 16.0 Å². The lowest BCUT2D eigenvalue weighted by atomic mass is 10.1. The second-order valence-electron chi connectivity index (χ2n) is 6.32. The fourth-order valence-electron chi connectivity index (χ4n) is 2.37. The number of alkyl carbamates (subject to hydrolysis) is 1. The van der Waals surface area contributed by atoms with E-state index in [9.17, 15) is 24.3 Å². The molecule has 0 bridgehead atoms. The molecule has 0 saturated heterocycles. The summed E-state index contributed by atoms with van der Waals surface area (Å²) in [6.07, 6.45) is 0.470. The van der Waals surface area contributed by atoms with Crippen molar-refractivity contribution in [3.63, 3.8) is 0 Å². The second-order valence-corrected chi connectivity index (χ2v) is 6.68. The number of carboxylic acid groups (broad SMARTS) is 1. The van der Waals surface area contributed by atoms with Crippen molar-refractivity contribution >= 4 is 36.5 Å². The van der Waals surface area contributed by atoms with E-state index in [0.29, 0.717) is 19.4 Å². The van der Waals surface area contributed by atoms with E-state index in [1.165, 1.54) is 6.92 Å². The van der Waals surface area contributed by atoms with Crippen LogP contribution in [-0.2, 0) is 25.7 Å².